The molecule has 27 heavy (non-hydrogen) atoms. The fraction of sp³-hybridized carbons (Fsp3) is 0.227. The Hall–Kier alpha value is -3.21. The van der Waals surface area contributed by atoms with Gasteiger partial charge in [0.2, 0.25) is 5.95 Å². The highest BCUT2D eigenvalue weighted by Gasteiger charge is 2.11. The zero-order valence-electron chi connectivity index (χ0n) is 15.7. The molecule has 0 fully saturated rings. The van der Waals surface area contributed by atoms with Crippen LogP contribution < -0.4 is 10.2 Å². The Labute approximate surface area is 160 Å². The molecule has 0 saturated carbocycles. The monoisotopic (exact) mass is 360 g/mol. The zero-order chi connectivity index (χ0) is 19.1. The highest BCUT2D eigenvalue weighted by atomic mass is 16.1. The minimum atomic E-state index is -0.173. The third-order valence-electron chi connectivity index (χ3n) is 4.35. The van der Waals surface area contributed by atoms with Crippen LogP contribution in [0, 0.1) is 6.92 Å². The van der Waals surface area contributed by atoms with Crippen LogP contribution in [0.25, 0.3) is 0 Å². The van der Waals surface area contributed by atoms with Gasteiger partial charge in [-0.3, -0.25) is 4.79 Å². The van der Waals surface area contributed by atoms with Crippen LogP contribution >= 0.6 is 0 Å². The van der Waals surface area contributed by atoms with Gasteiger partial charge in [-0.05, 0) is 25.0 Å². The van der Waals surface area contributed by atoms with Crippen LogP contribution in [0.2, 0.25) is 0 Å². The number of rotatable bonds is 7. The Morgan fingerprint density at radius 2 is 1.63 bits per heavy atom. The third kappa shape index (κ3) is 5.14. The molecule has 1 N–H and O–H groups in total. The molecule has 5 heteroatoms. The first-order valence-corrected chi connectivity index (χ1v) is 9.10. The number of nitrogens with one attached hydrogen (secondary N) is 1. The molecule has 3 aromatic rings. The van der Waals surface area contributed by atoms with E-state index >= 15 is 0 Å². The molecule has 0 aliphatic rings. The summed E-state index contributed by atoms with van der Waals surface area (Å²) in [5.41, 5.74) is 3.92. The maximum absolute atomic E-state index is 12.3. The topological polar surface area (TPSA) is 58.1 Å². The number of aromatic nitrogens is 2. The van der Waals surface area contributed by atoms with E-state index in [-0.39, 0.29) is 5.91 Å². The van der Waals surface area contributed by atoms with Gasteiger partial charge in [0.15, 0.2) is 0 Å². The van der Waals surface area contributed by atoms with E-state index in [4.69, 9.17) is 0 Å². The van der Waals surface area contributed by atoms with Crippen LogP contribution in [0.1, 0.15) is 34.0 Å². The first kappa shape index (κ1) is 18.6. The van der Waals surface area contributed by atoms with Gasteiger partial charge in [-0.1, -0.05) is 60.2 Å². The summed E-state index contributed by atoms with van der Waals surface area (Å²) in [5.74, 6) is 0.449. The number of carbonyl (C=O) groups excluding carboxylic acids is 1. The summed E-state index contributed by atoms with van der Waals surface area (Å²) in [6, 6.07) is 18.3. The molecule has 0 aliphatic heterocycles. The molecule has 0 aliphatic carbocycles. The summed E-state index contributed by atoms with van der Waals surface area (Å²) < 4.78 is 0. The van der Waals surface area contributed by atoms with Crippen LogP contribution in [0.15, 0.2) is 67.0 Å². The quantitative estimate of drug-likeness (QED) is 0.697. The fourth-order valence-electron chi connectivity index (χ4n) is 2.72. The summed E-state index contributed by atoms with van der Waals surface area (Å²) >= 11 is 0. The normalized spacial score (nSPS) is 10.4. The van der Waals surface area contributed by atoms with Gasteiger partial charge in [0.05, 0.1) is 5.56 Å². The molecule has 0 unspecified atom stereocenters. The number of aryl methyl sites for hydroxylation is 1. The van der Waals surface area contributed by atoms with Gasteiger partial charge in [0, 0.05) is 32.0 Å². The fourth-order valence-corrected chi connectivity index (χ4v) is 2.72. The van der Waals surface area contributed by atoms with Gasteiger partial charge in [0.25, 0.3) is 5.91 Å². The van der Waals surface area contributed by atoms with Gasteiger partial charge in [0.1, 0.15) is 0 Å². The lowest BCUT2D eigenvalue weighted by molar-refractivity contribution is 0.0950. The summed E-state index contributed by atoms with van der Waals surface area (Å²) in [4.78, 5) is 23.2. The number of nitrogens with zero attached hydrogens (tertiary/aromatic N) is 3. The van der Waals surface area contributed by atoms with Gasteiger partial charge < -0.3 is 10.2 Å². The van der Waals surface area contributed by atoms with Crippen molar-refractivity contribution in [2.75, 3.05) is 11.4 Å². The first-order chi connectivity index (χ1) is 13.2. The molecular weight excluding hydrogens is 336 g/mol. The summed E-state index contributed by atoms with van der Waals surface area (Å²) in [6.07, 6.45) is 3.17. The van der Waals surface area contributed by atoms with Crippen molar-refractivity contribution in [3.63, 3.8) is 0 Å². The predicted octanol–water partition coefficient (Wildman–Crippen LogP) is 3.74. The average Bonchev–Trinajstić information content (AvgIpc) is 2.72. The highest BCUT2D eigenvalue weighted by Crippen LogP contribution is 2.12. The third-order valence-corrected chi connectivity index (χ3v) is 4.35. The van der Waals surface area contributed by atoms with E-state index in [1.54, 1.807) is 12.4 Å². The predicted molar refractivity (Wildman–Crippen MR) is 108 cm³/mol. The first-order valence-electron chi connectivity index (χ1n) is 9.10. The van der Waals surface area contributed by atoms with E-state index in [0.717, 1.165) is 18.7 Å². The Morgan fingerprint density at radius 1 is 0.963 bits per heavy atom. The Bertz CT molecular complexity index is 861. The molecule has 0 spiro atoms. The van der Waals surface area contributed by atoms with Crippen LogP contribution in [-0.4, -0.2) is 22.4 Å². The minimum Gasteiger partial charge on any atom is -0.348 e. The van der Waals surface area contributed by atoms with E-state index in [9.17, 15) is 4.79 Å². The van der Waals surface area contributed by atoms with Crippen LogP contribution in [0.4, 0.5) is 5.95 Å². The molecule has 5 nitrogen and oxygen atoms in total. The van der Waals surface area contributed by atoms with Crippen molar-refractivity contribution in [2.24, 2.45) is 0 Å². The standard InChI is InChI=1S/C22H24N4O/c1-3-26(16-19-7-5-4-6-8-19)22-24-14-20(15-25-22)21(27)23-13-18-11-9-17(2)10-12-18/h4-12,14-15H,3,13,16H2,1-2H3,(H,23,27). The molecule has 2 aromatic carbocycles. The highest BCUT2D eigenvalue weighted by molar-refractivity contribution is 5.93. The largest absolute Gasteiger partial charge is 0.348 e. The maximum atomic E-state index is 12.3. The lowest BCUT2D eigenvalue weighted by Gasteiger charge is -2.20. The van der Waals surface area contributed by atoms with E-state index < -0.39 is 0 Å². The Morgan fingerprint density at radius 3 is 2.26 bits per heavy atom. The number of hydrogen-bond acceptors (Lipinski definition) is 4. The summed E-state index contributed by atoms with van der Waals surface area (Å²) in [7, 11) is 0. The number of anilines is 1. The van der Waals surface area contributed by atoms with Crippen molar-refractivity contribution in [1.82, 2.24) is 15.3 Å². The van der Waals surface area contributed by atoms with E-state index in [1.165, 1.54) is 11.1 Å². The molecule has 0 saturated heterocycles. The molecule has 3 rings (SSSR count). The molecule has 0 radical (unpaired) electrons. The smallest absolute Gasteiger partial charge is 0.254 e. The van der Waals surface area contributed by atoms with Crippen molar-refractivity contribution in [3.8, 4) is 0 Å². The molecule has 0 atom stereocenters. The lowest BCUT2D eigenvalue weighted by atomic mass is 10.1. The number of hydrogen-bond donors (Lipinski definition) is 1. The summed E-state index contributed by atoms with van der Waals surface area (Å²) in [6.45, 7) is 6.10. The van der Waals surface area contributed by atoms with Gasteiger partial charge in [-0.2, -0.15) is 0 Å². The number of amides is 1. The van der Waals surface area contributed by atoms with E-state index in [1.807, 2.05) is 49.4 Å². The van der Waals surface area contributed by atoms with E-state index in [0.29, 0.717) is 18.1 Å². The summed E-state index contributed by atoms with van der Waals surface area (Å²) in [5, 5.41) is 2.90. The second kappa shape index (κ2) is 8.94. The van der Waals surface area contributed by atoms with Crippen molar-refractivity contribution in [2.45, 2.75) is 26.9 Å². The Balaban J connectivity index is 1.61. The molecule has 0 bridgehead atoms. The molecular formula is C22H24N4O. The van der Waals surface area contributed by atoms with Crippen LogP contribution in [-0.2, 0) is 13.1 Å². The van der Waals surface area contributed by atoms with Gasteiger partial charge in [-0.25, -0.2) is 9.97 Å². The van der Waals surface area contributed by atoms with Gasteiger partial charge >= 0.3 is 0 Å². The molecule has 1 amide bonds. The molecule has 1 aromatic heterocycles. The Kier molecular flexibility index (Phi) is 6.15. The lowest BCUT2D eigenvalue weighted by Crippen LogP contribution is -2.26. The second-order valence-electron chi connectivity index (χ2n) is 6.44. The van der Waals surface area contributed by atoms with Gasteiger partial charge in [-0.15, -0.1) is 0 Å². The minimum absolute atomic E-state index is 0.173. The van der Waals surface area contributed by atoms with Crippen molar-refractivity contribution in [1.29, 1.82) is 0 Å². The second-order valence-corrected chi connectivity index (χ2v) is 6.44. The van der Waals surface area contributed by atoms with Crippen molar-refractivity contribution in [3.05, 3.63) is 89.2 Å². The van der Waals surface area contributed by atoms with Crippen LogP contribution in [0.3, 0.4) is 0 Å². The van der Waals surface area contributed by atoms with Crippen LogP contribution in [0.5, 0.6) is 0 Å². The molecule has 138 valence electrons. The zero-order valence-corrected chi connectivity index (χ0v) is 15.7. The molecule has 1 heterocycles. The SMILES string of the molecule is CCN(Cc1ccccc1)c1ncc(C(=O)NCc2ccc(C)cc2)cn1. The number of benzene rings is 2. The van der Waals surface area contributed by atoms with Crippen molar-refractivity contribution >= 4 is 11.9 Å². The van der Waals surface area contributed by atoms with Crippen molar-refractivity contribution < 1.29 is 4.79 Å². The maximum Gasteiger partial charge on any atom is 0.254 e. The average molecular weight is 360 g/mol. The number of carbonyl (C=O) groups is 1. The van der Waals surface area contributed by atoms with E-state index in [2.05, 4.69) is 39.2 Å².